The van der Waals surface area contributed by atoms with Crippen molar-refractivity contribution in [1.29, 1.82) is 0 Å². The lowest BCUT2D eigenvalue weighted by atomic mass is 9.84. The monoisotopic (exact) mass is 412 g/mol. The molecule has 0 spiro atoms. The topological polar surface area (TPSA) is 108 Å². The minimum Gasteiger partial charge on any atom is -0.312 e. The van der Waals surface area contributed by atoms with Gasteiger partial charge in [0.05, 0.1) is 11.1 Å². The van der Waals surface area contributed by atoms with Gasteiger partial charge in [0.2, 0.25) is 11.8 Å². The Kier molecular flexibility index (Phi) is 5.02. The second kappa shape index (κ2) is 7.28. The normalized spacial score (nSPS) is 28.1. The number of piperidine rings is 1. The number of hydrogen-bond acceptors (Lipinski definition) is 6. The van der Waals surface area contributed by atoms with Gasteiger partial charge in [-0.05, 0) is 43.7 Å². The van der Waals surface area contributed by atoms with E-state index in [1.807, 2.05) is 6.07 Å². The maximum absolute atomic E-state index is 13.1. The van der Waals surface area contributed by atoms with E-state index < -0.39 is 23.8 Å². The van der Waals surface area contributed by atoms with Crippen LogP contribution < -0.4 is 16.0 Å². The number of hydrogen-bond donors (Lipinski definition) is 3. The fourth-order valence-electron chi connectivity index (χ4n) is 5.00. The van der Waals surface area contributed by atoms with E-state index in [9.17, 15) is 19.2 Å². The van der Waals surface area contributed by atoms with Crippen molar-refractivity contribution in [2.45, 2.75) is 58.2 Å². The van der Waals surface area contributed by atoms with Crippen molar-refractivity contribution in [1.82, 2.24) is 20.9 Å². The summed E-state index contributed by atoms with van der Waals surface area (Å²) >= 11 is 0. The van der Waals surface area contributed by atoms with Crippen molar-refractivity contribution in [2.24, 2.45) is 5.41 Å². The highest BCUT2D eigenvalue weighted by molar-refractivity contribution is 6.24. The van der Waals surface area contributed by atoms with E-state index in [-0.39, 0.29) is 29.7 Å². The molecule has 2 atom stereocenters. The number of amides is 4. The summed E-state index contributed by atoms with van der Waals surface area (Å²) in [6, 6.07) is 4.28. The lowest BCUT2D eigenvalue weighted by molar-refractivity contribution is -0.136. The molecule has 8 heteroatoms. The van der Waals surface area contributed by atoms with Gasteiger partial charge in [-0.2, -0.15) is 0 Å². The van der Waals surface area contributed by atoms with Crippen LogP contribution in [0.2, 0.25) is 0 Å². The highest BCUT2D eigenvalue weighted by atomic mass is 16.2. The summed E-state index contributed by atoms with van der Waals surface area (Å²) in [5, 5.41) is 9.20. The molecule has 4 amide bonds. The number of fused-ring (bicyclic) bond motifs is 1. The third kappa shape index (κ3) is 3.65. The predicted octanol–water partition coefficient (Wildman–Crippen LogP) is 0.956. The fraction of sp³-hybridized carbons (Fsp3) is 0.545. The van der Waals surface area contributed by atoms with Gasteiger partial charge in [-0.1, -0.05) is 19.1 Å². The number of carbonyl (C=O) groups is 4. The summed E-state index contributed by atoms with van der Waals surface area (Å²) < 4.78 is 0. The lowest BCUT2D eigenvalue weighted by Gasteiger charge is -2.28. The molecular weight excluding hydrogens is 384 g/mol. The van der Waals surface area contributed by atoms with Crippen LogP contribution in [0.5, 0.6) is 0 Å². The molecule has 0 aromatic heterocycles. The zero-order chi connectivity index (χ0) is 21.7. The number of carbonyl (C=O) groups excluding carboxylic acids is 4. The second-order valence-electron chi connectivity index (χ2n) is 9.62. The summed E-state index contributed by atoms with van der Waals surface area (Å²) in [5.41, 5.74) is 1.64. The average molecular weight is 412 g/mol. The molecule has 4 rings (SSSR count). The molecule has 160 valence electrons. The zero-order valence-corrected chi connectivity index (χ0v) is 17.6. The van der Waals surface area contributed by atoms with Crippen LogP contribution in [-0.2, 0) is 16.1 Å². The van der Waals surface area contributed by atoms with E-state index in [1.165, 1.54) is 0 Å². The standard InChI is InChI=1S/C22H28N4O4/c1-21(2)10-22(3,12-24-21)11-23-9-13-5-4-6-14-17(13)20(30)26(19(14)29)15-7-8-16(27)25-18(15)28/h4-6,15,23-24H,7-12H2,1-3H3,(H,25,27,28). The maximum atomic E-state index is 13.1. The molecule has 3 heterocycles. The molecule has 0 radical (unpaired) electrons. The first kappa shape index (κ1) is 20.7. The first-order valence-corrected chi connectivity index (χ1v) is 10.4. The van der Waals surface area contributed by atoms with Crippen LogP contribution in [0.15, 0.2) is 18.2 Å². The van der Waals surface area contributed by atoms with Gasteiger partial charge in [0.15, 0.2) is 0 Å². The van der Waals surface area contributed by atoms with E-state index in [0.717, 1.165) is 30.0 Å². The van der Waals surface area contributed by atoms with Crippen LogP contribution in [0.25, 0.3) is 0 Å². The SMILES string of the molecule is CC1(CNCc2cccc3c2C(=O)N(C2CCC(=O)NC2=O)C3=O)CNC(C)(C)C1. The molecule has 1 aromatic carbocycles. The summed E-state index contributed by atoms with van der Waals surface area (Å²) in [4.78, 5) is 50.7. The Morgan fingerprint density at radius 1 is 1.13 bits per heavy atom. The van der Waals surface area contributed by atoms with E-state index in [1.54, 1.807) is 12.1 Å². The Morgan fingerprint density at radius 3 is 2.57 bits per heavy atom. The number of nitrogens with zero attached hydrogens (tertiary/aromatic N) is 1. The van der Waals surface area contributed by atoms with Crippen LogP contribution in [0.3, 0.4) is 0 Å². The Balaban J connectivity index is 1.49. The highest BCUT2D eigenvalue weighted by Gasteiger charge is 2.45. The molecule has 2 saturated heterocycles. The molecule has 0 bridgehead atoms. The summed E-state index contributed by atoms with van der Waals surface area (Å²) in [5.74, 6) is -1.91. The predicted molar refractivity (Wildman–Crippen MR) is 110 cm³/mol. The van der Waals surface area contributed by atoms with Gasteiger partial charge in [-0.15, -0.1) is 0 Å². The van der Waals surface area contributed by atoms with Crippen LogP contribution in [0.1, 0.15) is 66.3 Å². The summed E-state index contributed by atoms with van der Waals surface area (Å²) in [7, 11) is 0. The van der Waals surface area contributed by atoms with Gasteiger partial charge in [-0.25, -0.2) is 0 Å². The molecule has 3 N–H and O–H groups in total. The fourth-order valence-corrected chi connectivity index (χ4v) is 5.00. The Labute approximate surface area is 175 Å². The third-order valence-corrected chi connectivity index (χ3v) is 6.28. The van der Waals surface area contributed by atoms with Crippen LogP contribution >= 0.6 is 0 Å². The molecular formula is C22H28N4O4. The molecule has 1 aromatic rings. The first-order valence-electron chi connectivity index (χ1n) is 10.4. The van der Waals surface area contributed by atoms with Gasteiger partial charge in [0.1, 0.15) is 6.04 Å². The molecule has 30 heavy (non-hydrogen) atoms. The van der Waals surface area contributed by atoms with Crippen molar-refractivity contribution in [2.75, 3.05) is 13.1 Å². The Bertz CT molecular complexity index is 941. The molecule has 3 aliphatic heterocycles. The molecule has 0 aliphatic carbocycles. The summed E-state index contributed by atoms with van der Waals surface area (Å²) in [6.45, 7) is 8.77. The number of benzene rings is 1. The molecule has 8 nitrogen and oxygen atoms in total. The van der Waals surface area contributed by atoms with Gasteiger partial charge >= 0.3 is 0 Å². The van der Waals surface area contributed by atoms with Crippen molar-refractivity contribution in [3.05, 3.63) is 34.9 Å². The van der Waals surface area contributed by atoms with Crippen molar-refractivity contribution >= 4 is 23.6 Å². The molecule has 3 aliphatic rings. The number of rotatable bonds is 5. The zero-order valence-electron chi connectivity index (χ0n) is 17.6. The Hall–Kier alpha value is -2.58. The quantitative estimate of drug-likeness (QED) is 0.622. The van der Waals surface area contributed by atoms with Crippen LogP contribution in [-0.4, -0.2) is 53.2 Å². The van der Waals surface area contributed by atoms with Crippen molar-refractivity contribution in [3.63, 3.8) is 0 Å². The lowest BCUT2D eigenvalue weighted by Crippen LogP contribution is -2.54. The van der Waals surface area contributed by atoms with E-state index in [0.29, 0.717) is 17.7 Å². The third-order valence-electron chi connectivity index (χ3n) is 6.28. The molecule has 2 fully saturated rings. The molecule has 0 saturated carbocycles. The van der Waals surface area contributed by atoms with Crippen molar-refractivity contribution < 1.29 is 19.2 Å². The number of nitrogens with one attached hydrogen (secondary N) is 3. The smallest absolute Gasteiger partial charge is 0.262 e. The Morgan fingerprint density at radius 2 is 1.90 bits per heavy atom. The van der Waals surface area contributed by atoms with E-state index in [2.05, 4.69) is 36.7 Å². The molecule has 2 unspecified atom stereocenters. The minimum atomic E-state index is -0.943. The van der Waals surface area contributed by atoms with Gasteiger partial charge in [-0.3, -0.25) is 29.4 Å². The van der Waals surface area contributed by atoms with E-state index in [4.69, 9.17) is 0 Å². The number of imide groups is 2. The van der Waals surface area contributed by atoms with E-state index >= 15 is 0 Å². The van der Waals surface area contributed by atoms with Crippen LogP contribution in [0, 0.1) is 5.41 Å². The summed E-state index contributed by atoms with van der Waals surface area (Å²) in [6.07, 6.45) is 1.31. The van der Waals surface area contributed by atoms with Gasteiger partial charge < -0.3 is 10.6 Å². The first-order chi connectivity index (χ1) is 14.1. The highest BCUT2D eigenvalue weighted by Crippen LogP contribution is 2.34. The largest absolute Gasteiger partial charge is 0.312 e. The average Bonchev–Trinajstić information content (AvgIpc) is 3.09. The van der Waals surface area contributed by atoms with Gasteiger partial charge in [0.25, 0.3) is 11.8 Å². The maximum Gasteiger partial charge on any atom is 0.262 e. The minimum absolute atomic E-state index is 0.106. The van der Waals surface area contributed by atoms with Crippen LogP contribution in [0.4, 0.5) is 0 Å². The van der Waals surface area contributed by atoms with Crippen molar-refractivity contribution in [3.8, 4) is 0 Å². The van der Waals surface area contributed by atoms with Gasteiger partial charge in [0, 0.05) is 31.6 Å². The second-order valence-corrected chi connectivity index (χ2v) is 9.62.